The molecule has 9 nitrogen and oxygen atoms in total. The number of pyridine rings is 1. The van der Waals surface area contributed by atoms with Crippen LogP contribution in [0, 0.1) is 0 Å². The number of aromatic nitrogens is 5. The zero-order valence-corrected chi connectivity index (χ0v) is 23.4. The van der Waals surface area contributed by atoms with E-state index in [4.69, 9.17) is 15.8 Å². The molecule has 1 saturated carbocycles. The summed E-state index contributed by atoms with van der Waals surface area (Å²) in [6, 6.07) is 18.0. The van der Waals surface area contributed by atoms with Crippen molar-refractivity contribution >= 4 is 22.6 Å². The summed E-state index contributed by atoms with van der Waals surface area (Å²) in [6.07, 6.45) is 8.63. The van der Waals surface area contributed by atoms with E-state index < -0.39 is 5.91 Å². The van der Waals surface area contributed by atoms with Crippen LogP contribution in [-0.4, -0.2) is 47.7 Å². The minimum Gasteiger partial charge on any atom is -0.393 e. The summed E-state index contributed by atoms with van der Waals surface area (Å²) in [6.45, 7) is 4.94. The highest BCUT2D eigenvalue weighted by Gasteiger charge is 2.23. The molecule has 0 atom stereocenters. The molecule has 1 fully saturated rings. The van der Waals surface area contributed by atoms with Crippen molar-refractivity contribution in [3.05, 3.63) is 90.0 Å². The van der Waals surface area contributed by atoms with Gasteiger partial charge < -0.3 is 16.2 Å². The average Bonchev–Trinajstić information content (AvgIpc) is 3.60. The molecule has 0 bridgehead atoms. The molecule has 4 N–H and O–H groups in total. The largest absolute Gasteiger partial charge is 0.393 e. The first-order valence-corrected chi connectivity index (χ1v) is 14.2. The summed E-state index contributed by atoms with van der Waals surface area (Å²) in [4.78, 5) is 17.1. The molecule has 0 radical (unpaired) electrons. The highest BCUT2D eigenvalue weighted by atomic mass is 16.3. The van der Waals surface area contributed by atoms with Crippen molar-refractivity contribution in [2.24, 2.45) is 5.73 Å². The molecule has 210 valence electrons. The SMILES string of the molecule is CC(C)c1nn(-c2ccc(C(N)=O)c(N[C@H]3CC[C@H](O)CC3)c2)c2nccc(-c3cnn(Cc4ccccc4)c3)c12. The van der Waals surface area contributed by atoms with Gasteiger partial charge in [0.1, 0.15) is 0 Å². The lowest BCUT2D eigenvalue weighted by Gasteiger charge is -2.27. The average molecular weight is 550 g/mol. The molecule has 0 spiro atoms. The van der Waals surface area contributed by atoms with Crippen LogP contribution in [-0.2, 0) is 6.54 Å². The van der Waals surface area contributed by atoms with Gasteiger partial charge in [-0.1, -0.05) is 44.2 Å². The summed E-state index contributed by atoms with van der Waals surface area (Å²) in [5.41, 5.74) is 12.5. The first-order chi connectivity index (χ1) is 19.9. The van der Waals surface area contributed by atoms with Crippen molar-refractivity contribution in [1.82, 2.24) is 24.5 Å². The van der Waals surface area contributed by atoms with Gasteiger partial charge in [-0.2, -0.15) is 10.2 Å². The standard InChI is InChI=1S/C32H35N7O2/c1-20(2)30-29-26(22-17-35-38(19-22)18-21-6-4-3-5-7-21)14-15-34-32(29)39(37-30)24-10-13-27(31(33)41)28(16-24)36-23-8-11-25(40)12-9-23/h3-7,10,13-17,19-20,23,25,36,40H,8-9,11-12,18H2,1-2H3,(H2,33,41)/t23-,25-. The van der Waals surface area contributed by atoms with Gasteiger partial charge in [-0.15, -0.1) is 0 Å². The molecule has 0 unspecified atom stereocenters. The fourth-order valence-electron chi connectivity index (χ4n) is 5.69. The lowest BCUT2D eigenvalue weighted by Crippen LogP contribution is -2.29. The fraction of sp³-hybridized carbons (Fsp3) is 0.312. The second-order valence-electron chi connectivity index (χ2n) is 11.2. The number of nitrogens with one attached hydrogen (secondary N) is 1. The number of fused-ring (bicyclic) bond motifs is 1. The van der Waals surface area contributed by atoms with Gasteiger partial charge >= 0.3 is 0 Å². The van der Waals surface area contributed by atoms with Crippen molar-refractivity contribution in [1.29, 1.82) is 0 Å². The van der Waals surface area contributed by atoms with Crippen LogP contribution >= 0.6 is 0 Å². The Balaban J connectivity index is 1.40. The molecule has 2 aromatic carbocycles. The zero-order chi connectivity index (χ0) is 28.5. The Morgan fingerprint density at radius 3 is 2.61 bits per heavy atom. The third-order valence-electron chi connectivity index (χ3n) is 7.84. The minimum absolute atomic E-state index is 0.150. The first-order valence-electron chi connectivity index (χ1n) is 14.2. The number of amides is 1. The van der Waals surface area contributed by atoms with Crippen LogP contribution < -0.4 is 11.1 Å². The fourth-order valence-corrected chi connectivity index (χ4v) is 5.69. The molecule has 1 aliphatic rings. The van der Waals surface area contributed by atoms with Gasteiger partial charge in [0, 0.05) is 29.7 Å². The van der Waals surface area contributed by atoms with Gasteiger partial charge in [0.2, 0.25) is 0 Å². The normalized spacial score (nSPS) is 17.3. The Bertz CT molecular complexity index is 1680. The second-order valence-corrected chi connectivity index (χ2v) is 11.2. The molecule has 3 aromatic heterocycles. The lowest BCUT2D eigenvalue weighted by atomic mass is 9.92. The Morgan fingerprint density at radius 1 is 1.10 bits per heavy atom. The summed E-state index contributed by atoms with van der Waals surface area (Å²) in [5.74, 6) is -0.340. The number of anilines is 1. The number of benzene rings is 2. The van der Waals surface area contributed by atoms with Crippen molar-refractivity contribution in [2.75, 3.05) is 5.32 Å². The van der Waals surface area contributed by atoms with Gasteiger partial charge in [0.15, 0.2) is 5.65 Å². The van der Waals surface area contributed by atoms with E-state index in [2.05, 4.69) is 42.6 Å². The lowest BCUT2D eigenvalue weighted by molar-refractivity contribution is 0.100. The van der Waals surface area contributed by atoms with Crippen LogP contribution in [0.4, 0.5) is 5.69 Å². The molecular weight excluding hydrogens is 514 g/mol. The molecule has 9 heteroatoms. The van der Waals surface area contributed by atoms with E-state index in [1.165, 1.54) is 5.56 Å². The maximum atomic E-state index is 12.3. The van der Waals surface area contributed by atoms with Crippen LogP contribution in [0.1, 0.15) is 67.1 Å². The van der Waals surface area contributed by atoms with E-state index in [-0.39, 0.29) is 18.1 Å². The third kappa shape index (κ3) is 5.45. The maximum absolute atomic E-state index is 12.3. The number of rotatable bonds is 8. The van der Waals surface area contributed by atoms with Crippen LogP contribution in [0.15, 0.2) is 73.2 Å². The highest BCUT2D eigenvalue weighted by molar-refractivity contribution is 5.99. The first kappa shape index (κ1) is 26.7. The number of aliphatic hydroxyl groups excluding tert-OH is 1. The minimum atomic E-state index is -0.490. The Morgan fingerprint density at radius 2 is 1.88 bits per heavy atom. The molecule has 1 amide bonds. The van der Waals surface area contributed by atoms with E-state index in [1.54, 1.807) is 12.3 Å². The number of carbonyl (C=O) groups is 1. The van der Waals surface area contributed by atoms with E-state index >= 15 is 0 Å². The van der Waals surface area contributed by atoms with E-state index in [0.717, 1.165) is 59.2 Å². The van der Waals surface area contributed by atoms with Crippen molar-refractivity contribution < 1.29 is 9.90 Å². The molecule has 41 heavy (non-hydrogen) atoms. The number of aliphatic hydroxyl groups is 1. The molecule has 1 aliphatic carbocycles. The summed E-state index contributed by atoms with van der Waals surface area (Å²) in [7, 11) is 0. The highest BCUT2D eigenvalue weighted by Crippen LogP contribution is 2.35. The molecule has 0 saturated heterocycles. The molecule has 0 aliphatic heterocycles. The molecular formula is C32H35N7O2. The van der Waals surface area contributed by atoms with Gasteiger partial charge in [0.25, 0.3) is 5.91 Å². The number of hydrogen-bond acceptors (Lipinski definition) is 6. The summed E-state index contributed by atoms with van der Waals surface area (Å²) in [5, 5.41) is 24.1. The smallest absolute Gasteiger partial charge is 0.250 e. The number of hydrogen-bond donors (Lipinski definition) is 3. The zero-order valence-electron chi connectivity index (χ0n) is 23.4. The van der Waals surface area contributed by atoms with Crippen molar-refractivity contribution in [2.45, 2.75) is 64.1 Å². The third-order valence-corrected chi connectivity index (χ3v) is 7.84. The maximum Gasteiger partial charge on any atom is 0.250 e. The predicted octanol–water partition coefficient (Wildman–Crippen LogP) is 5.27. The van der Waals surface area contributed by atoms with Crippen LogP contribution in [0.25, 0.3) is 27.8 Å². The monoisotopic (exact) mass is 549 g/mol. The van der Waals surface area contributed by atoms with Crippen LogP contribution in [0.5, 0.6) is 0 Å². The van der Waals surface area contributed by atoms with Crippen molar-refractivity contribution in [3.8, 4) is 16.8 Å². The molecule has 3 heterocycles. The number of carbonyl (C=O) groups excluding carboxylic acids is 1. The molecule has 6 rings (SSSR count). The van der Waals surface area contributed by atoms with E-state index in [1.807, 2.05) is 52.0 Å². The Labute approximate surface area is 239 Å². The Kier molecular flexibility index (Phi) is 7.28. The summed E-state index contributed by atoms with van der Waals surface area (Å²) >= 11 is 0. The van der Waals surface area contributed by atoms with Gasteiger partial charge in [-0.25, -0.2) is 9.67 Å². The van der Waals surface area contributed by atoms with Gasteiger partial charge in [-0.05, 0) is 67.0 Å². The van der Waals surface area contributed by atoms with Gasteiger partial charge in [0.05, 0.1) is 41.2 Å². The number of primary amides is 1. The Hall–Kier alpha value is -4.50. The van der Waals surface area contributed by atoms with Gasteiger partial charge in [-0.3, -0.25) is 9.48 Å². The van der Waals surface area contributed by atoms with E-state index in [0.29, 0.717) is 17.8 Å². The van der Waals surface area contributed by atoms with Crippen LogP contribution in [0.2, 0.25) is 0 Å². The quantitative estimate of drug-likeness (QED) is 0.242. The van der Waals surface area contributed by atoms with E-state index in [9.17, 15) is 9.90 Å². The number of nitrogens with two attached hydrogens (primary N) is 1. The predicted molar refractivity (Wildman–Crippen MR) is 160 cm³/mol. The van der Waals surface area contributed by atoms with Crippen LogP contribution in [0.3, 0.4) is 0 Å². The van der Waals surface area contributed by atoms with Crippen molar-refractivity contribution in [3.63, 3.8) is 0 Å². The second kappa shape index (κ2) is 11.2. The molecule has 5 aromatic rings. The topological polar surface area (TPSA) is 124 Å². The number of nitrogens with zero attached hydrogens (tertiary/aromatic N) is 5. The summed E-state index contributed by atoms with van der Waals surface area (Å²) < 4.78 is 3.80.